The maximum absolute atomic E-state index is 13.5. The molecule has 4 heterocycles. The van der Waals surface area contributed by atoms with E-state index in [1.165, 1.54) is 17.4 Å². The molecule has 0 radical (unpaired) electrons. The normalized spacial score (nSPS) is 11.8. The summed E-state index contributed by atoms with van der Waals surface area (Å²) < 4.78 is 41.4. The molecular formula is C14H7F3N6OS3. The van der Waals surface area contributed by atoms with Crippen LogP contribution in [0.3, 0.4) is 0 Å². The second-order valence-electron chi connectivity index (χ2n) is 5.17. The van der Waals surface area contributed by atoms with Gasteiger partial charge in [-0.25, -0.2) is 9.50 Å². The van der Waals surface area contributed by atoms with Gasteiger partial charge in [0.05, 0.1) is 10.6 Å². The van der Waals surface area contributed by atoms with E-state index in [9.17, 15) is 18.0 Å². The van der Waals surface area contributed by atoms with Crippen molar-refractivity contribution >= 4 is 51.6 Å². The quantitative estimate of drug-likeness (QED) is 0.477. The Bertz CT molecular complexity index is 1190. The zero-order valence-electron chi connectivity index (χ0n) is 12.9. The van der Waals surface area contributed by atoms with Crippen LogP contribution in [0.4, 0.5) is 18.3 Å². The van der Waals surface area contributed by atoms with Crippen LogP contribution in [0, 0.1) is 3.95 Å². The van der Waals surface area contributed by atoms with Gasteiger partial charge in [0.25, 0.3) is 5.91 Å². The van der Waals surface area contributed by atoms with Crippen LogP contribution in [-0.4, -0.2) is 30.7 Å². The largest absolute Gasteiger partial charge is 0.433 e. The highest BCUT2D eigenvalue weighted by molar-refractivity contribution is 7.73. The van der Waals surface area contributed by atoms with Gasteiger partial charge in [-0.05, 0) is 29.7 Å². The molecule has 27 heavy (non-hydrogen) atoms. The molecule has 4 aromatic heterocycles. The third-order valence-corrected chi connectivity index (χ3v) is 5.28. The summed E-state index contributed by atoms with van der Waals surface area (Å²) in [6.45, 7) is 0. The standard InChI is InChI=1S/C14H7F3N6OS3/c15-14(16,17)9-4-6(8-2-1-3-26-8)18-10-5-7(22-23(9)10)11(24)19-12-20-21-13(25)27-12/h1-5H,(H,21,25)(H,19,20,24). The molecule has 0 unspecified atom stereocenters. The van der Waals surface area contributed by atoms with E-state index in [4.69, 9.17) is 12.2 Å². The fourth-order valence-corrected chi connectivity index (χ4v) is 3.75. The number of aromatic amines is 1. The van der Waals surface area contributed by atoms with Crippen LogP contribution in [0.15, 0.2) is 29.6 Å². The van der Waals surface area contributed by atoms with E-state index in [2.05, 4.69) is 25.6 Å². The van der Waals surface area contributed by atoms with Gasteiger partial charge in [-0.15, -0.1) is 16.4 Å². The first-order chi connectivity index (χ1) is 12.8. The Morgan fingerprint density at radius 3 is 2.78 bits per heavy atom. The van der Waals surface area contributed by atoms with E-state index in [0.717, 1.165) is 17.4 Å². The minimum atomic E-state index is -4.67. The Labute approximate surface area is 161 Å². The van der Waals surface area contributed by atoms with Gasteiger partial charge >= 0.3 is 6.18 Å². The summed E-state index contributed by atoms with van der Waals surface area (Å²) in [6, 6.07) is 5.48. The van der Waals surface area contributed by atoms with Gasteiger partial charge in [-0.3, -0.25) is 15.2 Å². The predicted octanol–water partition coefficient (Wildman–Crippen LogP) is 4.24. The molecule has 13 heteroatoms. The summed E-state index contributed by atoms with van der Waals surface area (Å²) in [6.07, 6.45) is -4.67. The SMILES string of the molecule is O=C(Nc1n[nH]c(=S)s1)c1cc2nc(-c3cccs3)cc(C(F)(F)F)n2n1. The summed E-state index contributed by atoms with van der Waals surface area (Å²) >= 11 is 7.14. The number of thiophene rings is 1. The Kier molecular flexibility index (Phi) is 4.28. The number of rotatable bonds is 3. The van der Waals surface area contributed by atoms with Crippen molar-refractivity contribution in [1.82, 2.24) is 24.8 Å². The fraction of sp³-hybridized carbons (Fsp3) is 0.0714. The Hall–Kier alpha value is -2.64. The van der Waals surface area contributed by atoms with Gasteiger partial charge in [0.15, 0.2) is 21.0 Å². The van der Waals surface area contributed by atoms with Gasteiger partial charge in [0.2, 0.25) is 5.13 Å². The first kappa shape index (κ1) is 17.8. The lowest BCUT2D eigenvalue weighted by Gasteiger charge is -2.10. The minimum absolute atomic E-state index is 0.0898. The Balaban J connectivity index is 1.80. The van der Waals surface area contributed by atoms with Crippen LogP contribution in [0.1, 0.15) is 16.2 Å². The zero-order valence-corrected chi connectivity index (χ0v) is 15.4. The van der Waals surface area contributed by atoms with Crippen LogP contribution < -0.4 is 5.32 Å². The van der Waals surface area contributed by atoms with Crippen molar-refractivity contribution in [2.45, 2.75) is 6.18 Å². The second-order valence-corrected chi connectivity index (χ2v) is 7.79. The molecule has 0 aliphatic rings. The summed E-state index contributed by atoms with van der Waals surface area (Å²) in [5, 5.41) is 14.4. The molecule has 0 spiro atoms. The van der Waals surface area contributed by atoms with Crippen LogP contribution >= 0.6 is 34.9 Å². The Morgan fingerprint density at radius 1 is 1.33 bits per heavy atom. The monoisotopic (exact) mass is 428 g/mol. The molecule has 2 N–H and O–H groups in total. The number of H-pyrrole nitrogens is 1. The van der Waals surface area contributed by atoms with Gasteiger partial charge in [-0.1, -0.05) is 17.4 Å². The number of nitrogens with one attached hydrogen (secondary N) is 2. The van der Waals surface area contributed by atoms with Gasteiger partial charge in [0.1, 0.15) is 0 Å². The summed E-state index contributed by atoms with van der Waals surface area (Å²) in [7, 11) is 0. The van der Waals surface area contributed by atoms with Gasteiger partial charge < -0.3 is 0 Å². The van der Waals surface area contributed by atoms with Crippen LogP contribution in [0.25, 0.3) is 16.2 Å². The van der Waals surface area contributed by atoms with Crippen molar-refractivity contribution in [2.24, 2.45) is 0 Å². The molecule has 138 valence electrons. The van der Waals surface area contributed by atoms with Crippen LogP contribution in [-0.2, 0) is 6.18 Å². The lowest BCUT2D eigenvalue weighted by atomic mass is 10.2. The van der Waals surface area contributed by atoms with E-state index in [-0.39, 0.29) is 22.2 Å². The van der Waals surface area contributed by atoms with Gasteiger partial charge in [0, 0.05) is 6.07 Å². The summed E-state index contributed by atoms with van der Waals surface area (Å²) in [5.74, 6) is -0.718. The van der Waals surface area contributed by atoms with Crippen molar-refractivity contribution in [2.75, 3.05) is 5.32 Å². The first-order valence-corrected chi connectivity index (χ1v) is 9.30. The molecule has 1 amide bonds. The Morgan fingerprint density at radius 2 is 2.15 bits per heavy atom. The minimum Gasteiger partial charge on any atom is -0.295 e. The van der Waals surface area contributed by atoms with Gasteiger partial charge in [-0.2, -0.15) is 18.3 Å². The van der Waals surface area contributed by atoms with E-state index in [1.807, 2.05) is 0 Å². The number of carbonyl (C=O) groups is 1. The number of hydrogen-bond donors (Lipinski definition) is 2. The molecule has 0 aromatic carbocycles. The number of alkyl halides is 3. The van der Waals surface area contributed by atoms with E-state index in [0.29, 0.717) is 13.3 Å². The summed E-state index contributed by atoms with van der Waals surface area (Å²) in [4.78, 5) is 17.1. The summed E-state index contributed by atoms with van der Waals surface area (Å²) in [5.41, 5.74) is -1.18. The van der Waals surface area contributed by atoms with Crippen LogP contribution in [0.5, 0.6) is 0 Å². The van der Waals surface area contributed by atoms with Crippen molar-refractivity contribution in [3.8, 4) is 10.6 Å². The first-order valence-electron chi connectivity index (χ1n) is 7.20. The number of anilines is 1. The molecule has 0 saturated heterocycles. The highest BCUT2D eigenvalue weighted by atomic mass is 32.1. The molecule has 0 aliphatic heterocycles. The highest BCUT2D eigenvalue weighted by Crippen LogP contribution is 2.33. The molecular weight excluding hydrogens is 421 g/mol. The maximum Gasteiger partial charge on any atom is 0.433 e. The van der Waals surface area contributed by atoms with Crippen molar-refractivity contribution in [1.29, 1.82) is 0 Å². The third-order valence-electron chi connectivity index (χ3n) is 3.38. The van der Waals surface area contributed by atoms with E-state index in [1.54, 1.807) is 17.5 Å². The third kappa shape index (κ3) is 3.48. The van der Waals surface area contributed by atoms with Crippen LogP contribution in [0.2, 0.25) is 0 Å². The second kappa shape index (κ2) is 6.51. The number of fused-ring (bicyclic) bond motifs is 1. The number of amides is 1. The topological polar surface area (TPSA) is 88.0 Å². The number of nitrogens with zero attached hydrogens (tertiary/aromatic N) is 4. The molecule has 7 nitrogen and oxygen atoms in total. The average molecular weight is 428 g/mol. The van der Waals surface area contributed by atoms with Crippen molar-refractivity contribution in [3.05, 3.63) is 45.0 Å². The molecule has 0 bridgehead atoms. The molecule has 0 fully saturated rings. The van der Waals surface area contributed by atoms with E-state index >= 15 is 0 Å². The predicted molar refractivity (Wildman–Crippen MR) is 96.6 cm³/mol. The molecule has 0 aliphatic carbocycles. The lowest BCUT2D eigenvalue weighted by Crippen LogP contribution is -2.15. The number of carbonyl (C=O) groups excluding carboxylic acids is 1. The zero-order chi connectivity index (χ0) is 19.2. The average Bonchev–Trinajstić information content (AvgIpc) is 3.32. The smallest absolute Gasteiger partial charge is 0.295 e. The number of halogens is 3. The molecule has 0 atom stereocenters. The van der Waals surface area contributed by atoms with Crippen molar-refractivity contribution in [3.63, 3.8) is 0 Å². The molecule has 4 aromatic rings. The number of hydrogen-bond acceptors (Lipinski definition) is 7. The fourth-order valence-electron chi connectivity index (χ4n) is 2.28. The van der Waals surface area contributed by atoms with Crippen molar-refractivity contribution < 1.29 is 18.0 Å². The lowest BCUT2D eigenvalue weighted by molar-refractivity contribution is -0.142. The number of aromatic nitrogens is 5. The molecule has 4 rings (SSSR count). The molecule has 0 saturated carbocycles. The maximum atomic E-state index is 13.5. The highest BCUT2D eigenvalue weighted by Gasteiger charge is 2.35. The van der Waals surface area contributed by atoms with E-state index < -0.39 is 17.8 Å².